The third-order valence-electron chi connectivity index (χ3n) is 5.66. The number of rotatable bonds is 10. The predicted octanol–water partition coefficient (Wildman–Crippen LogP) is 2.05. The Hall–Kier alpha value is -2.28. The second-order valence-electron chi connectivity index (χ2n) is 8.13. The highest BCUT2D eigenvalue weighted by Crippen LogP contribution is 2.28. The summed E-state index contributed by atoms with van der Waals surface area (Å²) in [6.45, 7) is 9.07. The Balaban J connectivity index is 1.37. The number of carbonyl (C=O) groups is 1. The summed E-state index contributed by atoms with van der Waals surface area (Å²) in [5.74, 6) is 1.82. The van der Waals surface area contributed by atoms with E-state index in [9.17, 15) is 4.79 Å². The molecule has 0 bridgehead atoms. The number of piperazine rings is 1. The van der Waals surface area contributed by atoms with Crippen LogP contribution in [-0.4, -0.2) is 87.7 Å². The van der Waals surface area contributed by atoms with Crippen LogP contribution in [0.3, 0.4) is 0 Å². The van der Waals surface area contributed by atoms with Gasteiger partial charge in [0.15, 0.2) is 5.96 Å². The molecule has 1 aromatic rings. The fraction of sp³-hybridized carbons (Fsp3) is 0.652. The van der Waals surface area contributed by atoms with Gasteiger partial charge in [0.05, 0.1) is 13.2 Å². The van der Waals surface area contributed by atoms with E-state index in [1.165, 1.54) is 18.5 Å². The van der Waals surface area contributed by atoms with Gasteiger partial charge in [0, 0.05) is 65.0 Å². The van der Waals surface area contributed by atoms with Gasteiger partial charge >= 0.3 is 0 Å². The highest BCUT2D eigenvalue weighted by Gasteiger charge is 2.22. The summed E-state index contributed by atoms with van der Waals surface area (Å²) in [4.78, 5) is 23.7. The van der Waals surface area contributed by atoms with Crippen molar-refractivity contribution in [3.63, 3.8) is 0 Å². The van der Waals surface area contributed by atoms with E-state index >= 15 is 0 Å². The number of amides is 1. The zero-order valence-electron chi connectivity index (χ0n) is 18.6. The fourth-order valence-electron chi connectivity index (χ4n) is 3.58. The molecular formula is C23H37N5O2. The molecular weight excluding hydrogens is 378 g/mol. The van der Waals surface area contributed by atoms with Crippen molar-refractivity contribution in [2.24, 2.45) is 10.9 Å². The number of nitrogens with one attached hydrogen (secondary N) is 1. The maximum absolute atomic E-state index is 12.6. The van der Waals surface area contributed by atoms with E-state index < -0.39 is 0 Å². The molecule has 0 aromatic heterocycles. The molecule has 1 N–H and O–H groups in total. The maximum atomic E-state index is 12.6. The lowest BCUT2D eigenvalue weighted by Crippen LogP contribution is -2.49. The van der Waals surface area contributed by atoms with Crippen molar-refractivity contribution in [1.29, 1.82) is 0 Å². The number of guanidine groups is 1. The molecule has 1 aliphatic heterocycles. The zero-order valence-corrected chi connectivity index (χ0v) is 18.6. The number of benzene rings is 1. The first-order valence-electron chi connectivity index (χ1n) is 11.3. The van der Waals surface area contributed by atoms with Crippen LogP contribution in [0, 0.1) is 5.92 Å². The van der Waals surface area contributed by atoms with Crippen molar-refractivity contribution >= 4 is 17.6 Å². The van der Waals surface area contributed by atoms with Crippen molar-refractivity contribution in [3.8, 4) is 0 Å². The molecule has 7 heteroatoms. The minimum atomic E-state index is 0.192. The molecule has 0 atom stereocenters. The van der Waals surface area contributed by atoms with Gasteiger partial charge in [-0.15, -0.1) is 0 Å². The number of likely N-dealkylation sites (N-methyl/N-ethyl adjacent to an activating group) is 1. The standard InChI is InChI=1S/C23H37N5O2/c1-3-24-23(26(2)17-18-30-19-20-9-10-20)25-12-11-22(29)28-15-13-27(14-16-28)21-7-5-4-6-8-21/h4-8,20H,3,9-19H2,1-2H3,(H,24,25). The molecule has 3 rings (SSSR count). The van der Waals surface area contributed by atoms with Crippen LogP contribution in [0.1, 0.15) is 26.2 Å². The van der Waals surface area contributed by atoms with E-state index in [0.29, 0.717) is 19.6 Å². The van der Waals surface area contributed by atoms with Crippen molar-refractivity contribution in [2.45, 2.75) is 26.2 Å². The topological polar surface area (TPSA) is 60.4 Å². The number of hydrogen-bond acceptors (Lipinski definition) is 4. The van der Waals surface area contributed by atoms with Gasteiger partial charge in [-0.3, -0.25) is 9.79 Å². The summed E-state index contributed by atoms with van der Waals surface area (Å²) < 4.78 is 5.73. The summed E-state index contributed by atoms with van der Waals surface area (Å²) in [5.41, 5.74) is 1.23. The Morgan fingerprint density at radius 1 is 1.20 bits per heavy atom. The van der Waals surface area contributed by atoms with Crippen LogP contribution in [0.5, 0.6) is 0 Å². The molecule has 1 aromatic carbocycles. The first-order valence-corrected chi connectivity index (χ1v) is 11.3. The maximum Gasteiger partial charge on any atom is 0.224 e. The lowest BCUT2D eigenvalue weighted by Gasteiger charge is -2.36. The number of para-hydroxylation sites is 1. The Morgan fingerprint density at radius 2 is 1.93 bits per heavy atom. The summed E-state index contributed by atoms with van der Waals surface area (Å²) >= 11 is 0. The van der Waals surface area contributed by atoms with Crippen molar-refractivity contribution in [3.05, 3.63) is 30.3 Å². The van der Waals surface area contributed by atoms with Crippen LogP contribution in [0.2, 0.25) is 0 Å². The van der Waals surface area contributed by atoms with Crippen molar-refractivity contribution < 1.29 is 9.53 Å². The van der Waals surface area contributed by atoms with E-state index in [1.54, 1.807) is 0 Å². The average Bonchev–Trinajstić information content (AvgIpc) is 3.61. The Labute approximate surface area is 181 Å². The van der Waals surface area contributed by atoms with Gasteiger partial charge in [-0.2, -0.15) is 0 Å². The number of aliphatic imine (C=N–C) groups is 1. The number of ether oxygens (including phenoxy) is 1. The van der Waals surface area contributed by atoms with Crippen LogP contribution >= 0.6 is 0 Å². The quantitative estimate of drug-likeness (QED) is 0.360. The molecule has 1 saturated carbocycles. The fourth-order valence-corrected chi connectivity index (χ4v) is 3.58. The largest absolute Gasteiger partial charge is 0.379 e. The van der Waals surface area contributed by atoms with Gasteiger partial charge in [-0.25, -0.2) is 0 Å². The first-order chi connectivity index (χ1) is 14.7. The number of nitrogens with zero attached hydrogens (tertiary/aromatic N) is 4. The SMILES string of the molecule is CCNC(=NCCC(=O)N1CCN(c2ccccc2)CC1)N(C)CCOCC1CC1. The van der Waals surface area contributed by atoms with Crippen LogP contribution < -0.4 is 10.2 Å². The number of carbonyl (C=O) groups excluding carboxylic acids is 1. The third-order valence-corrected chi connectivity index (χ3v) is 5.66. The molecule has 7 nitrogen and oxygen atoms in total. The van der Waals surface area contributed by atoms with E-state index in [2.05, 4.69) is 51.3 Å². The van der Waals surface area contributed by atoms with Crippen molar-refractivity contribution in [1.82, 2.24) is 15.1 Å². The van der Waals surface area contributed by atoms with Crippen molar-refractivity contribution in [2.75, 3.05) is 71.0 Å². The van der Waals surface area contributed by atoms with Crippen LogP contribution in [-0.2, 0) is 9.53 Å². The van der Waals surface area contributed by atoms with Crippen LogP contribution in [0.15, 0.2) is 35.3 Å². The summed E-state index contributed by atoms with van der Waals surface area (Å²) in [7, 11) is 2.02. The van der Waals surface area contributed by atoms with E-state index in [4.69, 9.17) is 4.74 Å². The molecule has 166 valence electrons. The lowest BCUT2D eigenvalue weighted by molar-refractivity contribution is -0.131. The zero-order chi connectivity index (χ0) is 21.2. The summed E-state index contributed by atoms with van der Waals surface area (Å²) in [6, 6.07) is 10.4. The van der Waals surface area contributed by atoms with Gasteiger partial charge in [-0.1, -0.05) is 18.2 Å². The van der Waals surface area contributed by atoms with Gasteiger partial charge in [0.1, 0.15) is 0 Å². The second-order valence-corrected chi connectivity index (χ2v) is 8.13. The smallest absolute Gasteiger partial charge is 0.224 e. The molecule has 1 amide bonds. The van der Waals surface area contributed by atoms with E-state index in [0.717, 1.165) is 57.8 Å². The molecule has 30 heavy (non-hydrogen) atoms. The normalized spacial score (nSPS) is 17.2. The molecule has 2 fully saturated rings. The predicted molar refractivity (Wildman–Crippen MR) is 122 cm³/mol. The molecule has 1 heterocycles. The van der Waals surface area contributed by atoms with Gasteiger partial charge < -0.3 is 24.8 Å². The Morgan fingerprint density at radius 3 is 2.60 bits per heavy atom. The first kappa shape index (κ1) is 22.4. The molecule has 2 aliphatic rings. The van der Waals surface area contributed by atoms with Crippen LogP contribution in [0.25, 0.3) is 0 Å². The number of hydrogen-bond donors (Lipinski definition) is 1. The molecule has 1 aliphatic carbocycles. The highest BCUT2D eigenvalue weighted by molar-refractivity contribution is 5.81. The van der Waals surface area contributed by atoms with Gasteiger partial charge in [0.2, 0.25) is 5.91 Å². The molecule has 0 spiro atoms. The minimum Gasteiger partial charge on any atom is -0.379 e. The molecule has 1 saturated heterocycles. The Bertz CT molecular complexity index is 669. The molecule has 0 unspecified atom stereocenters. The lowest BCUT2D eigenvalue weighted by atomic mass is 10.2. The number of anilines is 1. The Kier molecular flexibility index (Phi) is 8.81. The summed E-state index contributed by atoms with van der Waals surface area (Å²) in [6.07, 6.45) is 3.08. The van der Waals surface area contributed by atoms with E-state index in [-0.39, 0.29) is 5.91 Å². The third kappa shape index (κ3) is 7.20. The van der Waals surface area contributed by atoms with Crippen LogP contribution in [0.4, 0.5) is 5.69 Å². The summed E-state index contributed by atoms with van der Waals surface area (Å²) in [5, 5.41) is 3.31. The monoisotopic (exact) mass is 415 g/mol. The van der Waals surface area contributed by atoms with Gasteiger partial charge in [-0.05, 0) is 37.8 Å². The van der Waals surface area contributed by atoms with E-state index in [1.807, 2.05) is 18.0 Å². The molecule has 0 radical (unpaired) electrons. The highest BCUT2D eigenvalue weighted by atomic mass is 16.5. The minimum absolute atomic E-state index is 0.192. The average molecular weight is 416 g/mol. The second kappa shape index (κ2) is 11.8. The van der Waals surface area contributed by atoms with Gasteiger partial charge in [0.25, 0.3) is 0 Å².